The zero-order valence-electron chi connectivity index (χ0n) is 17.8. The van der Waals surface area contributed by atoms with E-state index in [1.807, 2.05) is 6.92 Å². The zero-order valence-corrected chi connectivity index (χ0v) is 17.8. The van der Waals surface area contributed by atoms with Gasteiger partial charge in [-0.2, -0.15) is 0 Å². The number of hydrogen-bond acceptors (Lipinski definition) is 7. The highest BCUT2D eigenvalue weighted by atomic mass is 16.5. The van der Waals surface area contributed by atoms with Crippen molar-refractivity contribution in [3.8, 4) is 22.6 Å². The third kappa shape index (κ3) is 4.67. The van der Waals surface area contributed by atoms with Crippen LogP contribution in [0.3, 0.4) is 0 Å². The molecular weight excluding hydrogens is 374 g/mol. The standard InChI is InChI=1S/C22H27NO6/c1-7-27-17-12-15(10-11-16(17)26-6)20-18(21(24)28-8-2)13(4)23-14(5)19(20)22(25)29-9-3/h10-12H,7-9H2,1-6H3. The Bertz CT molecular complexity index is 864. The first-order valence-corrected chi connectivity index (χ1v) is 9.56. The molecule has 7 heteroatoms. The molecule has 1 aromatic carbocycles. The molecular formula is C22H27NO6. The number of aryl methyl sites for hydroxylation is 2. The van der Waals surface area contributed by atoms with Crippen LogP contribution in [0.5, 0.6) is 11.5 Å². The minimum absolute atomic E-state index is 0.202. The predicted octanol–water partition coefficient (Wildman–Crippen LogP) is 4.13. The van der Waals surface area contributed by atoms with Gasteiger partial charge in [-0.1, -0.05) is 6.07 Å². The molecule has 7 nitrogen and oxygen atoms in total. The fourth-order valence-electron chi connectivity index (χ4n) is 3.15. The Morgan fingerprint density at radius 1 is 0.862 bits per heavy atom. The molecule has 0 spiro atoms. The Labute approximate surface area is 170 Å². The fraction of sp³-hybridized carbons (Fsp3) is 0.409. The number of esters is 2. The van der Waals surface area contributed by atoms with Gasteiger partial charge in [0.2, 0.25) is 0 Å². The maximum Gasteiger partial charge on any atom is 0.340 e. The maximum atomic E-state index is 12.8. The van der Waals surface area contributed by atoms with Gasteiger partial charge in [0.25, 0.3) is 0 Å². The van der Waals surface area contributed by atoms with Gasteiger partial charge in [0.05, 0.1) is 49.4 Å². The lowest BCUT2D eigenvalue weighted by Crippen LogP contribution is -2.17. The van der Waals surface area contributed by atoms with Crippen molar-refractivity contribution in [2.24, 2.45) is 0 Å². The highest BCUT2D eigenvalue weighted by Gasteiger charge is 2.28. The van der Waals surface area contributed by atoms with Gasteiger partial charge in [0.1, 0.15) is 0 Å². The Hall–Kier alpha value is -3.09. The highest BCUT2D eigenvalue weighted by Crippen LogP contribution is 2.37. The molecule has 1 heterocycles. The Balaban J connectivity index is 2.87. The largest absolute Gasteiger partial charge is 0.493 e. The Kier molecular flexibility index (Phi) is 7.59. The van der Waals surface area contributed by atoms with Crippen molar-refractivity contribution < 1.29 is 28.5 Å². The van der Waals surface area contributed by atoms with Gasteiger partial charge in [0, 0.05) is 5.56 Å². The fourth-order valence-corrected chi connectivity index (χ4v) is 3.15. The molecule has 0 N–H and O–H groups in total. The minimum Gasteiger partial charge on any atom is -0.493 e. The van der Waals surface area contributed by atoms with E-state index < -0.39 is 11.9 Å². The van der Waals surface area contributed by atoms with E-state index in [4.69, 9.17) is 18.9 Å². The van der Waals surface area contributed by atoms with Crippen LogP contribution in [-0.2, 0) is 9.47 Å². The molecule has 156 valence electrons. The van der Waals surface area contributed by atoms with Gasteiger partial charge in [0.15, 0.2) is 11.5 Å². The smallest absolute Gasteiger partial charge is 0.340 e. The van der Waals surface area contributed by atoms with Crippen LogP contribution >= 0.6 is 0 Å². The van der Waals surface area contributed by atoms with Crippen molar-refractivity contribution in [1.29, 1.82) is 0 Å². The topological polar surface area (TPSA) is 84.0 Å². The van der Waals surface area contributed by atoms with Crippen molar-refractivity contribution in [3.63, 3.8) is 0 Å². The SMILES string of the molecule is CCOC(=O)c1c(C)nc(C)c(C(=O)OCC)c1-c1ccc(OC)c(OCC)c1. The first kappa shape index (κ1) is 22.2. The summed E-state index contributed by atoms with van der Waals surface area (Å²) in [6, 6.07) is 5.23. The summed E-state index contributed by atoms with van der Waals surface area (Å²) in [4.78, 5) is 29.9. The summed E-state index contributed by atoms with van der Waals surface area (Å²) in [6.07, 6.45) is 0. The van der Waals surface area contributed by atoms with Crippen LogP contribution in [0.1, 0.15) is 52.9 Å². The quantitative estimate of drug-likeness (QED) is 0.615. The summed E-state index contributed by atoms with van der Waals surface area (Å²) in [5.74, 6) is -0.0450. The van der Waals surface area contributed by atoms with Gasteiger partial charge < -0.3 is 18.9 Å². The number of carbonyl (C=O) groups is 2. The van der Waals surface area contributed by atoms with Gasteiger partial charge >= 0.3 is 11.9 Å². The molecule has 0 fully saturated rings. The maximum absolute atomic E-state index is 12.8. The number of pyridine rings is 1. The van der Waals surface area contributed by atoms with E-state index in [2.05, 4.69) is 4.98 Å². The van der Waals surface area contributed by atoms with E-state index >= 15 is 0 Å². The highest BCUT2D eigenvalue weighted by molar-refractivity contribution is 6.07. The summed E-state index contributed by atoms with van der Waals surface area (Å²) >= 11 is 0. The Morgan fingerprint density at radius 3 is 1.86 bits per heavy atom. The van der Waals surface area contributed by atoms with Gasteiger partial charge in [-0.05, 0) is 52.3 Å². The summed E-state index contributed by atoms with van der Waals surface area (Å²) in [5, 5.41) is 0. The number of carbonyl (C=O) groups excluding carboxylic acids is 2. The van der Waals surface area contributed by atoms with E-state index in [0.717, 1.165) is 0 Å². The number of hydrogen-bond donors (Lipinski definition) is 0. The molecule has 0 aliphatic carbocycles. The molecule has 0 aliphatic rings. The number of nitrogens with zero attached hydrogens (tertiary/aromatic N) is 1. The molecule has 0 aliphatic heterocycles. The van der Waals surface area contributed by atoms with Crippen LogP contribution < -0.4 is 9.47 Å². The lowest BCUT2D eigenvalue weighted by Gasteiger charge is -2.19. The molecule has 2 rings (SSSR count). The summed E-state index contributed by atoms with van der Waals surface area (Å²) in [6.45, 7) is 9.57. The molecule has 0 unspecified atom stereocenters. The van der Waals surface area contributed by atoms with E-state index in [9.17, 15) is 9.59 Å². The molecule has 2 aromatic rings. The lowest BCUT2D eigenvalue weighted by atomic mass is 9.92. The van der Waals surface area contributed by atoms with Gasteiger partial charge in [-0.3, -0.25) is 4.98 Å². The molecule has 0 saturated carbocycles. The first-order chi connectivity index (χ1) is 13.9. The van der Waals surface area contributed by atoms with Crippen LogP contribution in [0, 0.1) is 13.8 Å². The van der Waals surface area contributed by atoms with E-state index in [0.29, 0.717) is 40.6 Å². The average molecular weight is 401 g/mol. The van der Waals surface area contributed by atoms with Crippen molar-refractivity contribution in [3.05, 3.63) is 40.7 Å². The zero-order chi connectivity index (χ0) is 21.6. The molecule has 0 atom stereocenters. The summed E-state index contributed by atoms with van der Waals surface area (Å²) in [5.41, 5.74) is 2.42. The second kappa shape index (κ2) is 9.91. The van der Waals surface area contributed by atoms with E-state index in [1.165, 1.54) is 0 Å². The number of ether oxygens (including phenoxy) is 4. The number of benzene rings is 1. The molecule has 0 saturated heterocycles. The predicted molar refractivity (Wildman–Crippen MR) is 109 cm³/mol. The lowest BCUT2D eigenvalue weighted by molar-refractivity contribution is 0.0525. The van der Waals surface area contributed by atoms with E-state index in [-0.39, 0.29) is 24.3 Å². The second-order valence-electron chi connectivity index (χ2n) is 6.15. The van der Waals surface area contributed by atoms with Crippen LogP contribution in [-0.4, -0.2) is 43.9 Å². The van der Waals surface area contributed by atoms with Crippen LogP contribution in [0.2, 0.25) is 0 Å². The van der Waals surface area contributed by atoms with Crippen molar-refractivity contribution in [2.75, 3.05) is 26.9 Å². The summed E-state index contributed by atoms with van der Waals surface area (Å²) in [7, 11) is 1.55. The third-order valence-electron chi connectivity index (χ3n) is 4.27. The van der Waals surface area contributed by atoms with Crippen molar-refractivity contribution in [2.45, 2.75) is 34.6 Å². The number of rotatable bonds is 8. The second-order valence-corrected chi connectivity index (χ2v) is 6.15. The molecule has 0 radical (unpaired) electrons. The van der Waals surface area contributed by atoms with Crippen molar-refractivity contribution >= 4 is 11.9 Å². The Morgan fingerprint density at radius 2 is 1.41 bits per heavy atom. The van der Waals surface area contributed by atoms with Crippen LogP contribution in [0.25, 0.3) is 11.1 Å². The molecule has 29 heavy (non-hydrogen) atoms. The van der Waals surface area contributed by atoms with Crippen LogP contribution in [0.15, 0.2) is 18.2 Å². The van der Waals surface area contributed by atoms with E-state index in [1.54, 1.807) is 53.0 Å². The molecule has 0 bridgehead atoms. The number of methoxy groups -OCH3 is 1. The van der Waals surface area contributed by atoms with Crippen molar-refractivity contribution in [1.82, 2.24) is 4.98 Å². The van der Waals surface area contributed by atoms with Gasteiger partial charge in [-0.25, -0.2) is 9.59 Å². The van der Waals surface area contributed by atoms with Crippen LogP contribution in [0.4, 0.5) is 0 Å². The first-order valence-electron chi connectivity index (χ1n) is 9.56. The normalized spacial score (nSPS) is 10.4. The molecule has 0 amide bonds. The molecule has 1 aromatic heterocycles. The summed E-state index contributed by atoms with van der Waals surface area (Å²) < 4.78 is 21.5. The minimum atomic E-state index is -0.549. The average Bonchev–Trinajstić information content (AvgIpc) is 2.67. The third-order valence-corrected chi connectivity index (χ3v) is 4.27. The van der Waals surface area contributed by atoms with Gasteiger partial charge in [-0.15, -0.1) is 0 Å². The monoisotopic (exact) mass is 401 g/mol. The number of aromatic nitrogens is 1.